The lowest BCUT2D eigenvalue weighted by Gasteiger charge is -2.14. The Morgan fingerprint density at radius 1 is 1.00 bits per heavy atom. The van der Waals surface area contributed by atoms with Gasteiger partial charge in [0.15, 0.2) is 6.29 Å². The van der Waals surface area contributed by atoms with Crippen LogP contribution in [0.5, 0.6) is 11.5 Å². The van der Waals surface area contributed by atoms with Crippen molar-refractivity contribution in [2.45, 2.75) is 31.5 Å². The van der Waals surface area contributed by atoms with Crippen LogP contribution in [0, 0.1) is 6.92 Å². The Balaban J connectivity index is 1.97. The van der Waals surface area contributed by atoms with Crippen LogP contribution in [0.2, 0.25) is 0 Å². The zero-order valence-electron chi connectivity index (χ0n) is 14.5. The number of fused-ring (bicyclic) bond motifs is 1. The van der Waals surface area contributed by atoms with Crippen molar-refractivity contribution >= 4 is 20.9 Å². The Morgan fingerprint density at radius 2 is 1.69 bits per heavy atom. The monoisotopic (exact) mass is 372 g/mol. The van der Waals surface area contributed by atoms with Crippen LogP contribution in [-0.4, -0.2) is 19.8 Å². The lowest BCUT2D eigenvalue weighted by Crippen LogP contribution is -2.14. The summed E-state index contributed by atoms with van der Waals surface area (Å²) in [4.78, 5) is 0.105. The predicted molar refractivity (Wildman–Crippen MR) is 99.9 cm³/mol. The number of hydrogen-bond donors (Lipinski definition) is 1. The van der Waals surface area contributed by atoms with Gasteiger partial charge in [0.2, 0.25) is 0 Å². The Morgan fingerprint density at radius 3 is 2.46 bits per heavy atom. The van der Waals surface area contributed by atoms with Crippen molar-refractivity contribution in [2.75, 3.05) is 0 Å². The molecule has 3 aromatic rings. The van der Waals surface area contributed by atoms with Gasteiger partial charge in [-0.15, -0.1) is 0 Å². The van der Waals surface area contributed by atoms with Gasteiger partial charge in [-0.2, -0.15) is 8.42 Å². The van der Waals surface area contributed by atoms with E-state index in [4.69, 9.17) is 8.92 Å². The SMILES string of the molecule is CCC(O)Oc1cc(C)cc(OS(=O)(=O)c2cccc3ccccc23)c1. The highest BCUT2D eigenvalue weighted by molar-refractivity contribution is 7.87. The van der Waals surface area contributed by atoms with Crippen molar-refractivity contribution in [2.24, 2.45) is 0 Å². The number of ether oxygens (including phenoxy) is 1. The van der Waals surface area contributed by atoms with E-state index in [1.807, 2.05) is 18.2 Å². The Labute approximate surface area is 152 Å². The summed E-state index contributed by atoms with van der Waals surface area (Å²) in [5.74, 6) is 0.485. The number of rotatable bonds is 6. The predicted octanol–water partition coefficient (Wildman–Crippen LogP) is 4.02. The van der Waals surface area contributed by atoms with Gasteiger partial charge in [-0.3, -0.25) is 0 Å². The average molecular weight is 372 g/mol. The molecule has 3 rings (SSSR count). The molecule has 1 unspecified atom stereocenters. The molecule has 0 aliphatic carbocycles. The second-order valence-corrected chi connectivity index (χ2v) is 7.49. The summed E-state index contributed by atoms with van der Waals surface area (Å²) in [6.07, 6.45) is -0.544. The first-order valence-corrected chi connectivity index (χ1v) is 9.68. The second kappa shape index (κ2) is 7.35. The third kappa shape index (κ3) is 3.98. The highest BCUT2D eigenvalue weighted by Gasteiger charge is 2.20. The molecule has 0 heterocycles. The topological polar surface area (TPSA) is 72.8 Å². The van der Waals surface area contributed by atoms with Gasteiger partial charge in [0, 0.05) is 17.9 Å². The summed E-state index contributed by atoms with van der Waals surface area (Å²) >= 11 is 0. The highest BCUT2D eigenvalue weighted by Crippen LogP contribution is 2.29. The van der Waals surface area contributed by atoms with Gasteiger partial charge in [0.05, 0.1) is 0 Å². The van der Waals surface area contributed by atoms with Gasteiger partial charge in [0.25, 0.3) is 0 Å². The molecule has 0 aromatic heterocycles. The maximum atomic E-state index is 12.8. The summed E-state index contributed by atoms with van der Waals surface area (Å²) in [6.45, 7) is 3.57. The van der Waals surface area contributed by atoms with Gasteiger partial charge in [-0.1, -0.05) is 43.3 Å². The molecule has 0 saturated carbocycles. The minimum atomic E-state index is -4.03. The van der Waals surface area contributed by atoms with E-state index in [9.17, 15) is 13.5 Å². The lowest BCUT2D eigenvalue weighted by atomic mass is 10.1. The van der Waals surface area contributed by atoms with E-state index in [1.165, 1.54) is 12.1 Å². The third-order valence-electron chi connectivity index (χ3n) is 3.87. The van der Waals surface area contributed by atoms with Gasteiger partial charge >= 0.3 is 10.1 Å². The first kappa shape index (κ1) is 18.2. The first-order chi connectivity index (χ1) is 12.4. The normalized spacial score (nSPS) is 12.7. The largest absolute Gasteiger partial charge is 0.465 e. The van der Waals surface area contributed by atoms with E-state index in [1.54, 1.807) is 44.2 Å². The highest BCUT2D eigenvalue weighted by atomic mass is 32.2. The summed E-state index contributed by atoms with van der Waals surface area (Å²) in [5.41, 5.74) is 0.758. The van der Waals surface area contributed by atoms with E-state index in [-0.39, 0.29) is 10.6 Å². The molecule has 1 atom stereocenters. The van der Waals surface area contributed by atoms with E-state index in [0.29, 0.717) is 17.6 Å². The zero-order chi connectivity index (χ0) is 18.7. The average Bonchev–Trinajstić information content (AvgIpc) is 2.60. The number of aliphatic hydroxyl groups excluding tert-OH is 1. The van der Waals surface area contributed by atoms with Crippen LogP contribution in [0.1, 0.15) is 18.9 Å². The molecule has 136 valence electrons. The molecule has 3 aromatic carbocycles. The molecule has 0 aliphatic rings. The standard InChI is InChI=1S/C20H20O5S/c1-3-20(21)24-16-11-14(2)12-17(13-16)25-26(22,23)19-10-6-8-15-7-4-5-9-18(15)19/h4-13,20-21H,3H2,1-2H3. The first-order valence-electron chi connectivity index (χ1n) is 8.28. The van der Waals surface area contributed by atoms with Gasteiger partial charge in [0.1, 0.15) is 16.4 Å². The van der Waals surface area contributed by atoms with E-state index in [2.05, 4.69) is 0 Å². The van der Waals surface area contributed by atoms with Crippen LogP contribution >= 0.6 is 0 Å². The molecule has 0 amide bonds. The molecule has 0 saturated heterocycles. The molecule has 0 radical (unpaired) electrons. The quantitative estimate of drug-likeness (QED) is 0.522. The zero-order valence-corrected chi connectivity index (χ0v) is 15.4. The van der Waals surface area contributed by atoms with Crippen LogP contribution in [0.15, 0.2) is 65.6 Å². The van der Waals surface area contributed by atoms with Crippen molar-refractivity contribution in [1.82, 2.24) is 0 Å². The molecule has 5 nitrogen and oxygen atoms in total. The summed E-state index contributed by atoms with van der Waals surface area (Å²) in [5, 5.41) is 11.1. The van der Waals surface area contributed by atoms with Gasteiger partial charge < -0.3 is 14.0 Å². The molecular weight excluding hydrogens is 352 g/mol. The van der Waals surface area contributed by atoms with Crippen molar-refractivity contribution in [3.63, 3.8) is 0 Å². The number of benzene rings is 3. The molecular formula is C20H20O5S. The minimum absolute atomic E-state index is 0.105. The summed E-state index contributed by atoms with van der Waals surface area (Å²) in [7, 11) is -4.03. The molecule has 1 N–H and O–H groups in total. The fourth-order valence-electron chi connectivity index (χ4n) is 2.66. The molecule has 0 spiro atoms. The lowest BCUT2D eigenvalue weighted by molar-refractivity contribution is -0.0192. The molecule has 26 heavy (non-hydrogen) atoms. The fourth-order valence-corrected chi connectivity index (χ4v) is 3.80. The smallest absolute Gasteiger partial charge is 0.339 e. The molecule has 0 aliphatic heterocycles. The Hall–Kier alpha value is -2.57. The summed E-state index contributed by atoms with van der Waals surface area (Å²) in [6, 6.07) is 17.0. The number of aryl methyl sites for hydroxylation is 1. The number of aliphatic hydroxyl groups is 1. The van der Waals surface area contributed by atoms with E-state index < -0.39 is 16.4 Å². The summed E-state index contributed by atoms with van der Waals surface area (Å²) < 4.78 is 36.3. The Kier molecular flexibility index (Phi) is 5.15. The molecule has 0 fully saturated rings. The van der Waals surface area contributed by atoms with E-state index in [0.717, 1.165) is 10.9 Å². The van der Waals surface area contributed by atoms with Crippen molar-refractivity contribution in [3.8, 4) is 11.5 Å². The molecule has 0 bridgehead atoms. The van der Waals surface area contributed by atoms with Gasteiger partial charge in [-0.05, 0) is 36.1 Å². The fraction of sp³-hybridized carbons (Fsp3) is 0.200. The molecule has 6 heteroatoms. The van der Waals surface area contributed by atoms with Crippen LogP contribution in [0.25, 0.3) is 10.8 Å². The van der Waals surface area contributed by atoms with Crippen molar-refractivity contribution in [1.29, 1.82) is 0 Å². The second-order valence-electron chi connectivity index (χ2n) is 5.98. The van der Waals surface area contributed by atoms with Crippen molar-refractivity contribution in [3.05, 3.63) is 66.2 Å². The maximum absolute atomic E-state index is 12.8. The third-order valence-corrected chi connectivity index (χ3v) is 5.18. The Bertz CT molecular complexity index is 1020. The number of hydrogen-bond acceptors (Lipinski definition) is 5. The van der Waals surface area contributed by atoms with E-state index >= 15 is 0 Å². The van der Waals surface area contributed by atoms with Crippen LogP contribution in [0.4, 0.5) is 0 Å². The minimum Gasteiger partial charge on any atom is -0.465 e. The van der Waals surface area contributed by atoms with Crippen LogP contribution < -0.4 is 8.92 Å². The van der Waals surface area contributed by atoms with Gasteiger partial charge in [-0.25, -0.2) is 0 Å². The van der Waals surface area contributed by atoms with Crippen molar-refractivity contribution < 1.29 is 22.4 Å². The van der Waals surface area contributed by atoms with Crippen LogP contribution in [0.3, 0.4) is 0 Å². The van der Waals surface area contributed by atoms with Crippen LogP contribution in [-0.2, 0) is 10.1 Å². The maximum Gasteiger partial charge on any atom is 0.339 e.